The Kier molecular flexibility index (Phi) is 3.62. The predicted octanol–water partition coefficient (Wildman–Crippen LogP) is 1.37. The summed E-state index contributed by atoms with van der Waals surface area (Å²) in [6.07, 6.45) is 1.76. The van der Waals surface area contributed by atoms with Gasteiger partial charge in [0.05, 0.1) is 5.01 Å². The van der Waals surface area contributed by atoms with Gasteiger partial charge in [0.15, 0.2) is 0 Å². The molecule has 0 saturated carbocycles. The van der Waals surface area contributed by atoms with E-state index in [4.69, 9.17) is 0 Å². The summed E-state index contributed by atoms with van der Waals surface area (Å²) in [4.78, 5) is 30.2. The third-order valence-electron chi connectivity index (χ3n) is 3.42. The first-order valence-electron chi connectivity index (χ1n) is 6.35. The molecule has 1 aliphatic rings. The monoisotopic (exact) mass is 281 g/mol. The van der Waals surface area contributed by atoms with Gasteiger partial charge in [-0.05, 0) is 20.8 Å². The minimum Gasteiger partial charge on any atom is -0.340 e. The summed E-state index contributed by atoms with van der Waals surface area (Å²) in [6, 6.07) is -0.428. The minimum absolute atomic E-state index is 0.0389. The first-order chi connectivity index (χ1) is 8.83. The smallest absolute Gasteiger partial charge is 0.248 e. The van der Waals surface area contributed by atoms with Crippen molar-refractivity contribution in [3.05, 3.63) is 16.6 Å². The fraction of sp³-hybridized carbons (Fsp3) is 0.615. The van der Waals surface area contributed by atoms with Crippen LogP contribution in [0.2, 0.25) is 0 Å². The molecule has 0 spiro atoms. The highest BCUT2D eigenvalue weighted by atomic mass is 32.1. The molecule has 0 bridgehead atoms. The molecular formula is C13H19N3O2S. The second-order valence-electron chi connectivity index (χ2n) is 5.52. The maximum Gasteiger partial charge on any atom is 0.248 e. The molecule has 6 heteroatoms. The molecule has 2 heterocycles. The van der Waals surface area contributed by atoms with Crippen LogP contribution in [0.3, 0.4) is 0 Å². The Labute approximate surface area is 117 Å². The molecule has 0 radical (unpaired) electrons. The zero-order valence-corrected chi connectivity index (χ0v) is 12.5. The number of piperazine rings is 1. The summed E-state index contributed by atoms with van der Waals surface area (Å²) < 4.78 is 0. The maximum atomic E-state index is 12.4. The first kappa shape index (κ1) is 14.0. The number of hydrogen-bond donors (Lipinski definition) is 1. The highest BCUT2D eigenvalue weighted by Gasteiger charge is 2.43. The second-order valence-corrected chi connectivity index (χ2v) is 6.45. The SMILES string of the molecule is CC(CN1C(=O)C(C)(C)NC(=O)C1C)c1nccs1. The third kappa shape index (κ3) is 2.63. The highest BCUT2D eigenvalue weighted by Crippen LogP contribution is 2.24. The lowest BCUT2D eigenvalue weighted by atomic mass is 9.96. The second kappa shape index (κ2) is 4.92. The average molecular weight is 281 g/mol. The Morgan fingerprint density at radius 3 is 2.79 bits per heavy atom. The van der Waals surface area contributed by atoms with E-state index in [1.165, 1.54) is 0 Å². The molecule has 2 unspecified atom stereocenters. The van der Waals surface area contributed by atoms with E-state index < -0.39 is 11.6 Å². The first-order valence-corrected chi connectivity index (χ1v) is 7.23. The molecule has 1 fully saturated rings. The zero-order valence-electron chi connectivity index (χ0n) is 11.6. The average Bonchev–Trinajstić information content (AvgIpc) is 2.85. The van der Waals surface area contributed by atoms with Gasteiger partial charge < -0.3 is 10.2 Å². The van der Waals surface area contributed by atoms with Gasteiger partial charge in [-0.25, -0.2) is 4.98 Å². The summed E-state index contributed by atoms with van der Waals surface area (Å²) in [5.74, 6) is -0.00737. The van der Waals surface area contributed by atoms with Crippen LogP contribution in [0.4, 0.5) is 0 Å². The van der Waals surface area contributed by atoms with E-state index in [0.717, 1.165) is 5.01 Å². The van der Waals surface area contributed by atoms with Gasteiger partial charge in [0.2, 0.25) is 11.8 Å². The summed E-state index contributed by atoms with van der Waals surface area (Å²) in [7, 11) is 0. The normalized spacial score (nSPS) is 24.2. The number of carbonyl (C=O) groups excluding carboxylic acids is 2. The number of hydrogen-bond acceptors (Lipinski definition) is 4. The lowest BCUT2D eigenvalue weighted by Crippen LogP contribution is -2.67. The number of carbonyl (C=O) groups is 2. The quantitative estimate of drug-likeness (QED) is 0.910. The molecule has 19 heavy (non-hydrogen) atoms. The molecule has 5 nitrogen and oxygen atoms in total. The van der Waals surface area contributed by atoms with Crippen molar-refractivity contribution < 1.29 is 9.59 Å². The van der Waals surface area contributed by atoms with Crippen LogP contribution in [-0.2, 0) is 9.59 Å². The molecule has 0 aliphatic carbocycles. The number of rotatable bonds is 3. The van der Waals surface area contributed by atoms with E-state index in [9.17, 15) is 9.59 Å². The third-order valence-corrected chi connectivity index (χ3v) is 4.43. The van der Waals surface area contributed by atoms with Gasteiger partial charge in [-0.3, -0.25) is 9.59 Å². The molecular weight excluding hydrogens is 262 g/mol. The number of nitrogens with one attached hydrogen (secondary N) is 1. The van der Waals surface area contributed by atoms with Crippen LogP contribution in [0, 0.1) is 0 Å². The van der Waals surface area contributed by atoms with Crippen molar-refractivity contribution in [3.8, 4) is 0 Å². The van der Waals surface area contributed by atoms with E-state index in [1.807, 2.05) is 12.3 Å². The van der Waals surface area contributed by atoms with Crippen LogP contribution >= 0.6 is 11.3 Å². The Hall–Kier alpha value is -1.43. The summed E-state index contributed by atoms with van der Waals surface area (Å²) in [5, 5.41) is 5.66. The van der Waals surface area contributed by atoms with Crippen LogP contribution in [-0.4, -0.2) is 39.8 Å². The fourth-order valence-electron chi connectivity index (χ4n) is 2.23. The topological polar surface area (TPSA) is 62.3 Å². The Morgan fingerprint density at radius 1 is 1.53 bits per heavy atom. The van der Waals surface area contributed by atoms with Crippen molar-refractivity contribution in [1.29, 1.82) is 0 Å². The van der Waals surface area contributed by atoms with Crippen LogP contribution < -0.4 is 5.32 Å². The highest BCUT2D eigenvalue weighted by molar-refractivity contribution is 7.09. The van der Waals surface area contributed by atoms with Crippen molar-refractivity contribution in [2.24, 2.45) is 0 Å². The van der Waals surface area contributed by atoms with E-state index in [-0.39, 0.29) is 17.7 Å². The summed E-state index contributed by atoms with van der Waals surface area (Å²) in [6.45, 7) is 7.78. The Balaban J connectivity index is 2.17. The van der Waals surface area contributed by atoms with Gasteiger partial charge in [-0.15, -0.1) is 11.3 Å². The lowest BCUT2D eigenvalue weighted by Gasteiger charge is -2.42. The van der Waals surface area contributed by atoms with E-state index >= 15 is 0 Å². The van der Waals surface area contributed by atoms with Crippen molar-refractivity contribution in [1.82, 2.24) is 15.2 Å². The Bertz CT molecular complexity index is 484. The molecule has 1 saturated heterocycles. The lowest BCUT2D eigenvalue weighted by molar-refractivity contribution is -0.153. The van der Waals surface area contributed by atoms with E-state index in [0.29, 0.717) is 6.54 Å². The van der Waals surface area contributed by atoms with Crippen LogP contribution in [0.25, 0.3) is 0 Å². The fourth-order valence-corrected chi connectivity index (χ4v) is 2.92. The van der Waals surface area contributed by atoms with Crippen LogP contribution in [0.15, 0.2) is 11.6 Å². The molecule has 2 rings (SSSR count). The van der Waals surface area contributed by atoms with Gasteiger partial charge in [-0.2, -0.15) is 0 Å². The van der Waals surface area contributed by atoms with Crippen molar-refractivity contribution in [2.75, 3.05) is 6.54 Å². The van der Waals surface area contributed by atoms with Crippen LogP contribution in [0.1, 0.15) is 38.6 Å². The molecule has 104 valence electrons. The largest absolute Gasteiger partial charge is 0.340 e. The molecule has 1 aromatic rings. The minimum atomic E-state index is -0.827. The number of aromatic nitrogens is 1. The predicted molar refractivity (Wildman–Crippen MR) is 73.9 cm³/mol. The standard InChI is InChI=1S/C13H19N3O2S/c1-8(11-14-5-6-19-11)7-16-9(2)10(17)15-13(3,4)12(16)18/h5-6,8-9H,7H2,1-4H3,(H,15,17). The summed E-state index contributed by atoms with van der Waals surface area (Å²) >= 11 is 1.57. The Morgan fingerprint density at radius 2 is 2.21 bits per heavy atom. The van der Waals surface area contributed by atoms with Gasteiger partial charge in [-0.1, -0.05) is 6.92 Å². The van der Waals surface area contributed by atoms with Gasteiger partial charge in [0, 0.05) is 24.0 Å². The number of thiazole rings is 1. The summed E-state index contributed by atoms with van der Waals surface area (Å²) in [5.41, 5.74) is -0.827. The van der Waals surface area contributed by atoms with Crippen molar-refractivity contribution in [2.45, 2.75) is 45.2 Å². The number of amides is 2. The van der Waals surface area contributed by atoms with Crippen LogP contribution in [0.5, 0.6) is 0 Å². The van der Waals surface area contributed by atoms with Gasteiger partial charge in [0.1, 0.15) is 11.6 Å². The number of nitrogens with zero attached hydrogens (tertiary/aromatic N) is 2. The van der Waals surface area contributed by atoms with Crippen molar-refractivity contribution >= 4 is 23.2 Å². The molecule has 2 atom stereocenters. The van der Waals surface area contributed by atoms with E-state index in [2.05, 4.69) is 10.3 Å². The molecule has 1 aromatic heterocycles. The van der Waals surface area contributed by atoms with E-state index in [1.54, 1.807) is 43.2 Å². The van der Waals surface area contributed by atoms with Crippen molar-refractivity contribution in [3.63, 3.8) is 0 Å². The zero-order chi connectivity index (χ0) is 14.2. The molecule has 0 aromatic carbocycles. The molecule has 1 N–H and O–H groups in total. The molecule has 2 amide bonds. The maximum absolute atomic E-state index is 12.4. The molecule has 1 aliphatic heterocycles. The van der Waals surface area contributed by atoms with Gasteiger partial charge >= 0.3 is 0 Å². The van der Waals surface area contributed by atoms with Gasteiger partial charge in [0.25, 0.3) is 0 Å².